The molecule has 0 N–H and O–H groups in total. The van der Waals surface area contributed by atoms with Crippen molar-refractivity contribution in [3.8, 4) is 0 Å². The number of hydrogen-bond acceptors (Lipinski definition) is 0. The summed E-state index contributed by atoms with van der Waals surface area (Å²) in [6.45, 7) is 6.31. The van der Waals surface area contributed by atoms with E-state index in [9.17, 15) is 0 Å². The van der Waals surface area contributed by atoms with Gasteiger partial charge < -0.3 is 0 Å². The number of alkyl halides is 3. The first-order valence-corrected chi connectivity index (χ1v) is 13.2. The lowest BCUT2D eigenvalue weighted by Crippen LogP contribution is -2.72. The monoisotopic (exact) mass is 388 g/mol. The quantitative estimate of drug-likeness (QED) is 0.424. The molecule has 0 atom stereocenters. The van der Waals surface area contributed by atoms with E-state index in [2.05, 4.69) is 20.8 Å². The normalized spacial score (nSPS) is 29.3. The van der Waals surface area contributed by atoms with Crippen molar-refractivity contribution < 1.29 is 13.2 Å². The third kappa shape index (κ3) is 2.92. The van der Waals surface area contributed by atoms with Gasteiger partial charge in [-0.3, -0.25) is 0 Å². The zero-order chi connectivity index (χ0) is 19.1. The Morgan fingerprint density at radius 2 is 0.731 bits per heavy atom. The zero-order valence-electron chi connectivity index (χ0n) is 17.2. The maximum atomic E-state index is 15.5. The van der Waals surface area contributed by atoms with Crippen molar-refractivity contribution in [1.29, 1.82) is 0 Å². The standard InChI is InChI=1S/C22H39F3Si/c1-19(13-7-4-8-14-19)26(22(23,24)25,20(2)15-9-5-10-16-20)21(3)17-11-6-12-18-21/h4-18H2,1-3H3. The molecule has 0 unspecified atom stereocenters. The van der Waals surface area contributed by atoms with Gasteiger partial charge in [-0.05, 0) is 53.6 Å². The lowest BCUT2D eigenvalue weighted by molar-refractivity contribution is -0.0738. The van der Waals surface area contributed by atoms with Crippen LogP contribution in [0.5, 0.6) is 0 Å². The molecular weight excluding hydrogens is 349 g/mol. The molecule has 4 heteroatoms. The van der Waals surface area contributed by atoms with Gasteiger partial charge in [-0.1, -0.05) is 78.6 Å². The van der Waals surface area contributed by atoms with Crippen molar-refractivity contribution >= 4 is 8.07 Å². The number of halogens is 3. The lowest BCUT2D eigenvalue weighted by Gasteiger charge is -2.67. The van der Waals surface area contributed by atoms with E-state index in [4.69, 9.17) is 0 Å². The highest BCUT2D eigenvalue weighted by molar-refractivity contribution is 6.89. The van der Waals surface area contributed by atoms with Gasteiger partial charge in [-0.15, -0.1) is 0 Å². The second kappa shape index (κ2) is 7.11. The summed E-state index contributed by atoms with van der Waals surface area (Å²) in [5.74, 6) is -3.99. The Labute approximate surface area is 159 Å². The molecule has 3 aliphatic carbocycles. The minimum absolute atomic E-state index is 0.471. The van der Waals surface area contributed by atoms with Crippen LogP contribution in [0, 0.1) is 0 Å². The summed E-state index contributed by atoms with van der Waals surface area (Å²) in [5.41, 5.74) is 0. The maximum Gasteiger partial charge on any atom is 0.363 e. The smallest absolute Gasteiger partial charge is 0.177 e. The Balaban J connectivity index is 2.24. The summed E-state index contributed by atoms with van der Waals surface area (Å²) >= 11 is 0. The van der Waals surface area contributed by atoms with Crippen molar-refractivity contribution in [2.24, 2.45) is 0 Å². The van der Waals surface area contributed by atoms with Gasteiger partial charge in [0.2, 0.25) is 0 Å². The first kappa shape index (κ1) is 20.7. The third-order valence-corrected chi connectivity index (χ3v) is 16.8. The highest BCUT2D eigenvalue weighted by atomic mass is 28.3. The second-order valence-electron chi connectivity index (χ2n) is 10.6. The van der Waals surface area contributed by atoms with Crippen LogP contribution in [0.3, 0.4) is 0 Å². The highest BCUT2D eigenvalue weighted by Crippen LogP contribution is 2.77. The Morgan fingerprint density at radius 3 is 0.923 bits per heavy atom. The van der Waals surface area contributed by atoms with Crippen LogP contribution in [-0.2, 0) is 0 Å². The Kier molecular flexibility index (Phi) is 5.67. The molecule has 0 spiro atoms. The highest BCUT2D eigenvalue weighted by Gasteiger charge is 2.79. The fourth-order valence-corrected chi connectivity index (χ4v) is 18.1. The van der Waals surface area contributed by atoms with Crippen LogP contribution in [0.25, 0.3) is 0 Å². The third-order valence-electron chi connectivity index (χ3n) is 9.01. The SMILES string of the molecule is CC1([Si](C(F)(F)F)(C2(C)CCCCC2)C2(C)CCCCC2)CCCCC1. The fourth-order valence-electron chi connectivity index (χ4n) is 8.33. The lowest BCUT2D eigenvalue weighted by atomic mass is 9.87. The van der Waals surface area contributed by atoms with Crippen molar-refractivity contribution in [3.63, 3.8) is 0 Å². The molecule has 3 saturated carbocycles. The predicted octanol–water partition coefficient (Wildman–Crippen LogP) is 8.71. The molecule has 0 amide bonds. The average Bonchev–Trinajstić information content (AvgIpc) is 2.55. The first-order chi connectivity index (χ1) is 12.1. The molecule has 0 radical (unpaired) electrons. The molecule has 0 saturated heterocycles. The van der Waals surface area contributed by atoms with E-state index in [0.29, 0.717) is 0 Å². The molecule has 3 aliphatic rings. The zero-order valence-corrected chi connectivity index (χ0v) is 18.2. The molecule has 0 aromatic heterocycles. The fraction of sp³-hybridized carbons (Fsp3) is 1.00. The van der Waals surface area contributed by atoms with Crippen molar-refractivity contribution in [1.82, 2.24) is 0 Å². The summed E-state index contributed by atoms with van der Waals surface area (Å²) < 4.78 is 46.6. The molecule has 26 heavy (non-hydrogen) atoms. The summed E-state index contributed by atoms with van der Waals surface area (Å²) in [6.07, 6.45) is 14.4. The summed E-state index contributed by atoms with van der Waals surface area (Å²) in [6, 6.07) is 0. The van der Waals surface area contributed by atoms with Gasteiger partial charge in [-0.2, -0.15) is 13.2 Å². The van der Waals surface area contributed by atoms with Gasteiger partial charge in [0.1, 0.15) is 0 Å². The Hall–Kier alpha value is 0.00688. The average molecular weight is 389 g/mol. The summed E-state index contributed by atoms with van der Waals surface area (Å²) in [7, 11) is -3.67. The molecule has 0 heterocycles. The van der Waals surface area contributed by atoms with Gasteiger partial charge in [0.25, 0.3) is 0 Å². The predicted molar refractivity (Wildman–Crippen MR) is 106 cm³/mol. The van der Waals surface area contributed by atoms with Crippen LogP contribution in [0.4, 0.5) is 13.2 Å². The maximum absolute atomic E-state index is 15.5. The molecule has 0 aromatic carbocycles. The van der Waals surface area contributed by atoms with Crippen LogP contribution in [-0.4, -0.2) is 13.9 Å². The van der Waals surface area contributed by atoms with Crippen LogP contribution in [0.15, 0.2) is 0 Å². The van der Waals surface area contributed by atoms with Gasteiger partial charge in [0, 0.05) is 0 Å². The van der Waals surface area contributed by atoms with Crippen LogP contribution >= 0.6 is 0 Å². The van der Waals surface area contributed by atoms with Crippen LogP contribution in [0.1, 0.15) is 117 Å². The van der Waals surface area contributed by atoms with Gasteiger partial charge in [0.05, 0.1) is 0 Å². The molecule has 0 bridgehead atoms. The molecule has 0 aliphatic heterocycles. The number of rotatable bonds is 3. The van der Waals surface area contributed by atoms with Crippen molar-refractivity contribution in [2.45, 2.75) is 138 Å². The molecule has 3 rings (SSSR count). The minimum Gasteiger partial charge on any atom is -0.177 e. The topological polar surface area (TPSA) is 0 Å². The molecule has 152 valence electrons. The molecule has 0 aromatic rings. The first-order valence-electron chi connectivity index (χ1n) is 11.2. The van der Waals surface area contributed by atoms with E-state index in [-0.39, 0.29) is 0 Å². The van der Waals surface area contributed by atoms with E-state index >= 15 is 13.2 Å². The number of hydrogen-bond donors (Lipinski definition) is 0. The van der Waals surface area contributed by atoms with Crippen molar-refractivity contribution in [3.05, 3.63) is 0 Å². The second-order valence-corrected chi connectivity index (χ2v) is 16.3. The van der Waals surface area contributed by atoms with Gasteiger partial charge in [-0.25, -0.2) is 0 Å². The largest absolute Gasteiger partial charge is 0.363 e. The summed E-state index contributed by atoms with van der Waals surface area (Å²) in [4.78, 5) is 0. The van der Waals surface area contributed by atoms with Crippen LogP contribution < -0.4 is 0 Å². The Bertz CT molecular complexity index is 418. The van der Waals surface area contributed by atoms with Crippen LogP contribution in [0.2, 0.25) is 15.1 Å². The molecule has 0 nitrogen and oxygen atoms in total. The minimum atomic E-state index is -3.99. The van der Waals surface area contributed by atoms with Gasteiger partial charge in [0.15, 0.2) is 8.07 Å². The van der Waals surface area contributed by atoms with E-state index in [1.165, 1.54) is 0 Å². The molecular formula is C22H39F3Si. The van der Waals surface area contributed by atoms with E-state index in [1.54, 1.807) is 0 Å². The van der Waals surface area contributed by atoms with E-state index in [1.807, 2.05) is 0 Å². The Morgan fingerprint density at radius 1 is 0.500 bits per heavy atom. The van der Waals surface area contributed by atoms with E-state index < -0.39 is 29.0 Å². The van der Waals surface area contributed by atoms with Gasteiger partial charge >= 0.3 is 5.80 Å². The summed E-state index contributed by atoms with van der Waals surface area (Å²) in [5, 5.41) is -1.41. The van der Waals surface area contributed by atoms with Crippen molar-refractivity contribution in [2.75, 3.05) is 0 Å². The molecule has 3 fully saturated rings. The van der Waals surface area contributed by atoms with E-state index in [0.717, 1.165) is 96.3 Å².